The summed E-state index contributed by atoms with van der Waals surface area (Å²) in [5, 5.41) is 3.07. The number of carbonyl (C=O) groups is 1. The summed E-state index contributed by atoms with van der Waals surface area (Å²) in [6.07, 6.45) is 3.88. The van der Waals surface area contributed by atoms with Crippen molar-refractivity contribution in [3.05, 3.63) is 11.6 Å². The minimum atomic E-state index is 0.0198. The van der Waals surface area contributed by atoms with Crippen molar-refractivity contribution in [1.29, 1.82) is 0 Å². The predicted molar refractivity (Wildman–Crippen MR) is 78.1 cm³/mol. The number of hydrogen-bond acceptors (Lipinski definition) is 3. The van der Waals surface area contributed by atoms with Gasteiger partial charge >= 0.3 is 0 Å². The highest BCUT2D eigenvalue weighted by Gasteiger charge is 2.31. The Bertz CT molecular complexity index is 322. The van der Waals surface area contributed by atoms with E-state index in [0.29, 0.717) is 6.54 Å². The first-order valence-electron chi connectivity index (χ1n) is 7.31. The molecule has 1 unspecified atom stereocenters. The SMILES string of the molecule is CC/C=C(\C)C(=O)NCC(C)(CC)N1CCOCC1. The fraction of sp³-hybridized carbons (Fsp3) is 0.800. The molecular weight excluding hydrogens is 240 g/mol. The molecule has 1 aliphatic heterocycles. The van der Waals surface area contributed by atoms with E-state index in [4.69, 9.17) is 4.74 Å². The van der Waals surface area contributed by atoms with E-state index in [2.05, 4.69) is 24.1 Å². The van der Waals surface area contributed by atoms with Crippen LogP contribution in [0.15, 0.2) is 11.6 Å². The molecule has 0 saturated carbocycles. The molecule has 1 fully saturated rings. The third-order valence-corrected chi connectivity index (χ3v) is 4.03. The van der Waals surface area contributed by atoms with Crippen LogP contribution in [-0.4, -0.2) is 49.2 Å². The van der Waals surface area contributed by atoms with Crippen molar-refractivity contribution in [1.82, 2.24) is 10.2 Å². The van der Waals surface area contributed by atoms with Crippen LogP contribution < -0.4 is 5.32 Å². The Morgan fingerprint density at radius 1 is 1.37 bits per heavy atom. The van der Waals surface area contributed by atoms with Crippen molar-refractivity contribution in [2.45, 2.75) is 46.1 Å². The largest absolute Gasteiger partial charge is 0.379 e. The van der Waals surface area contributed by atoms with Crippen molar-refractivity contribution in [2.24, 2.45) is 0 Å². The summed E-state index contributed by atoms with van der Waals surface area (Å²) >= 11 is 0. The van der Waals surface area contributed by atoms with Gasteiger partial charge < -0.3 is 10.1 Å². The zero-order valence-electron chi connectivity index (χ0n) is 12.8. The second-order valence-electron chi connectivity index (χ2n) is 5.43. The number of morpholine rings is 1. The lowest BCUT2D eigenvalue weighted by Crippen LogP contribution is -2.56. The third kappa shape index (κ3) is 4.62. The Morgan fingerprint density at radius 2 is 2.00 bits per heavy atom. The van der Waals surface area contributed by atoms with Gasteiger partial charge in [0.1, 0.15) is 0 Å². The Balaban J connectivity index is 2.55. The van der Waals surface area contributed by atoms with Crippen LogP contribution in [0.25, 0.3) is 0 Å². The van der Waals surface area contributed by atoms with Crippen LogP contribution >= 0.6 is 0 Å². The van der Waals surface area contributed by atoms with E-state index in [-0.39, 0.29) is 11.4 Å². The van der Waals surface area contributed by atoms with Crippen LogP contribution in [0.4, 0.5) is 0 Å². The molecule has 0 radical (unpaired) electrons. The lowest BCUT2D eigenvalue weighted by Gasteiger charge is -2.43. The number of ether oxygens (including phenoxy) is 1. The summed E-state index contributed by atoms with van der Waals surface area (Å²) in [5.74, 6) is 0.0507. The number of nitrogens with one attached hydrogen (secondary N) is 1. The van der Waals surface area contributed by atoms with Gasteiger partial charge in [-0.15, -0.1) is 0 Å². The number of carbonyl (C=O) groups excluding carboxylic acids is 1. The van der Waals surface area contributed by atoms with Crippen LogP contribution in [-0.2, 0) is 9.53 Å². The molecule has 1 rings (SSSR count). The van der Waals surface area contributed by atoms with E-state index in [1.165, 1.54) is 0 Å². The molecule has 0 aliphatic carbocycles. The topological polar surface area (TPSA) is 41.6 Å². The smallest absolute Gasteiger partial charge is 0.246 e. The van der Waals surface area contributed by atoms with Crippen LogP contribution in [0.1, 0.15) is 40.5 Å². The van der Waals surface area contributed by atoms with Gasteiger partial charge in [0.25, 0.3) is 0 Å². The molecule has 19 heavy (non-hydrogen) atoms. The van der Waals surface area contributed by atoms with Gasteiger partial charge in [-0.25, -0.2) is 0 Å². The van der Waals surface area contributed by atoms with Crippen molar-refractivity contribution in [3.63, 3.8) is 0 Å². The minimum Gasteiger partial charge on any atom is -0.379 e. The summed E-state index contributed by atoms with van der Waals surface area (Å²) in [6.45, 7) is 12.5. The number of amides is 1. The van der Waals surface area contributed by atoms with Crippen molar-refractivity contribution >= 4 is 5.91 Å². The van der Waals surface area contributed by atoms with E-state index >= 15 is 0 Å². The van der Waals surface area contributed by atoms with Gasteiger partial charge in [-0.05, 0) is 26.7 Å². The molecule has 110 valence electrons. The van der Waals surface area contributed by atoms with Gasteiger partial charge in [-0.2, -0.15) is 0 Å². The molecule has 0 aromatic rings. The summed E-state index contributed by atoms with van der Waals surface area (Å²) in [5.41, 5.74) is 0.828. The van der Waals surface area contributed by atoms with E-state index in [1.54, 1.807) is 0 Å². The van der Waals surface area contributed by atoms with Gasteiger partial charge in [-0.1, -0.05) is 19.9 Å². The quantitative estimate of drug-likeness (QED) is 0.749. The third-order valence-electron chi connectivity index (χ3n) is 4.03. The molecule has 1 amide bonds. The van der Waals surface area contributed by atoms with Crippen LogP contribution in [0.3, 0.4) is 0 Å². The van der Waals surface area contributed by atoms with E-state index in [9.17, 15) is 4.79 Å². The number of nitrogens with zero attached hydrogens (tertiary/aromatic N) is 1. The molecule has 0 aromatic heterocycles. The second kappa shape index (κ2) is 7.65. The van der Waals surface area contributed by atoms with Gasteiger partial charge in [-0.3, -0.25) is 9.69 Å². The lowest BCUT2D eigenvalue weighted by molar-refractivity contribution is -0.118. The van der Waals surface area contributed by atoms with Gasteiger partial charge in [0.2, 0.25) is 5.91 Å². The number of rotatable bonds is 6. The zero-order chi connectivity index (χ0) is 14.3. The molecule has 1 atom stereocenters. The molecule has 1 aliphatic rings. The first-order chi connectivity index (χ1) is 9.03. The Morgan fingerprint density at radius 3 is 2.53 bits per heavy atom. The zero-order valence-corrected chi connectivity index (χ0v) is 12.8. The summed E-state index contributed by atoms with van der Waals surface area (Å²) in [6, 6.07) is 0. The molecule has 4 nitrogen and oxygen atoms in total. The Kier molecular flexibility index (Phi) is 6.52. The minimum absolute atomic E-state index is 0.0198. The summed E-state index contributed by atoms with van der Waals surface area (Å²) in [4.78, 5) is 14.4. The molecule has 1 N–H and O–H groups in total. The highest BCUT2D eigenvalue weighted by molar-refractivity contribution is 5.92. The van der Waals surface area contributed by atoms with E-state index in [0.717, 1.165) is 44.7 Å². The van der Waals surface area contributed by atoms with Crippen LogP contribution in [0.2, 0.25) is 0 Å². The monoisotopic (exact) mass is 268 g/mol. The molecule has 1 saturated heterocycles. The van der Waals surface area contributed by atoms with Gasteiger partial charge in [0, 0.05) is 30.7 Å². The number of hydrogen-bond donors (Lipinski definition) is 1. The maximum Gasteiger partial charge on any atom is 0.246 e. The average molecular weight is 268 g/mol. The van der Waals surface area contributed by atoms with Crippen molar-refractivity contribution < 1.29 is 9.53 Å². The first kappa shape index (κ1) is 16.2. The highest BCUT2D eigenvalue weighted by Crippen LogP contribution is 2.20. The molecule has 0 spiro atoms. The second-order valence-corrected chi connectivity index (χ2v) is 5.43. The maximum atomic E-state index is 12.0. The fourth-order valence-corrected chi connectivity index (χ4v) is 2.37. The standard InChI is InChI=1S/C15H28N2O2/c1-5-7-13(3)14(18)16-12-15(4,6-2)17-8-10-19-11-9-17/h7H,5-6,8-12H2,1-4H3,(H,16,18)/b13-7+. The summed E-state index contributed by atoms with van der Waals surface area (Å²) < 4.78 is 5.40. The van der Waals surface area contributed by atoms with E-state index in [1.807, 2.05) is 19.9 Å². The average Bonchev–Trinajstić information content (AvgIpc) is 2.45. The first-order valence-corrected chi connectivity index (χ1v) is 7.31. The fourth-order valence-electron chi connectivity index (χ4n) is 2.37. The highest BCUT2D eigenvalue weighted by atomic mass is 16.5. The molecule has 0 aromatic carbocycles. The van der Waals surface area contributed by atoms with Gasteiger partial charge in [0.15, 0.2) is 0 Å². The van der Waals surface area contributed by atoms with Crippen LogP contribution in [0, 0.1) is 0 Å². The molecule has 0 bridgehead atoms. The van der Waals surface area contributed by atoms with Crippen molar-refractivity contribution in [3.8, 4) is 0 Å². The summed E-state index contributed by atoms with van der Waals surface area (Å²) in [7, 11) is 0. The maximum absolute atomic E-state index is 12.0. The number of allylic oxidation sites excluding steroid dienone is 1. The Hall–Kier alpha value is -0.870. The van der Waals surface area contributed by atoms with E-state index < -0.39 is 0 Å². The normalized spacial score (nSPS) is 20.9. The lowest BCUT2D eigenvalue weighted by atomic mass is 9.95. The van der Waals surface area contributed by atoms with Crippen molar-refractivity contribution in [2.75, 3.05) is 32.8 Å². The molecular formula is C15H28N2O2. The molecule has 1 heterocycles. The predicted octanol–water partition coefficient (Wildman–Crippen LogP) is 1.96. The van der Waals surface area contributed by atoms with Gasteiger partial charge in [0.05, 0.1) is 13.2 Å². The van der Waals surface area contributed by atoms with Crippen LogP contribution in [0.5, 0.6) is 0 Å². The Labute approximate surface area is 117 Å². The molecule has 4 heteroatoms.